The first-order chi connectivity index (χ1) is 8.24. The summed E-state index contributed by atoms with van der Waals surface area (Å²) in [6.07, 6.45) is -0.176. The van der Waals surface area contributed by atoms with Gasteiger partial charge in [0.05, 0.1) is 25.7 Å². The Morgan fingerprint density at radius 3 is 2.18 bits per heavy atom. The standard InChI is InChI=1S/C13H15NO3/c1-3-16-11-6-5-7-12(17-4-2)13(11)10(15)8-9-14/h5-7H,3-4,8H2,1-2H3. The maximum absolute atomic E-state index is 11.9. The predicted octanol–water partition coefficient (Wildman–Crippen LogP) is 2.58. The van der Waals surface area contributed by atoms with Gasteiger partial charge in [-0.05, 0) is 26.0 Å². The van der Waals surface area contributed by atoms with E-state index in [1.54, 1.807) is 18.2 Å². The zero-order valence-corrected chi connectivity index (χ0v) is 10.0. The number of nitrogens with zero attached hydrogens (tertiary/aromatic N) is 1. The number of rotatable bonds is 6. The molecule has 17 heavy (non-hydrogen) atoms. The van der Waals surface area contributed by atoms with Crippen LogP contribution >= 0.6 is 0 Å². The zero-order chi connectivity index (χ0) is 12.7. The summed E-state index contributed by atoms with van der Waals surface area (Å²) in [7, 11) is 0. The molecule has 0 saturated carbocycles. The molecule has 1 aromatic rings. The molecule has 0 aliphatic heterocycles. The lowest BCUT2D eigenvalue weighted by atomic mass is 10.1. The average molecular weight is 233 g/mol. The molecule has 0 amide bonds. The van der Waals surface area contributed by atoms with Gasteiger partial charge in [-0.1, -0.05) is 6.07 Å². The molecule has 0 aliphatic carbocycles. The van der Waals surface area contributed by atoms with Gasteiger partial charge >= 0.3 is 0 Å². The summed E-state index contributed by atoms with van der Waals surface area (Å²) < 4.78 is 10.8. The predicted molar refractivity (Wildman–Crippen MR) is 63.3 cm³/mol. The van der Waals surface area contributed by atoms with Crippen molar-refractivity contribution in [1.29, 1.82) is 5.26 Å². The van der Waals surface area contributed by atoms with E-state index in [-0.39, 0.29) is 12.2 Å². The summed E-state index contributed by atoms with van der Waals surface area (Å²) in [6.45, 7) is 4.60. The second-order valence-corrected chi connectivity index (χ2v) is 3.25. The number of ketones is 1. The van der Waals surface area contributed by atoms with Crippen LogP contribution < -0.4 is 9.47 Å². The lowest BCUT2D eigenvalue weighted by Gasteiger charge is -2.13. The van der Waals surface area contributed by atoms with Gasteiger partial charge in [-0.3, -0.25) is 4.79 Å². The number of carbonyl (C=O) groups is 1. The first kappa shape index (κ1) is 13.0. The molecule has 0 atom stereocenters. The molecule has 90 valence electrons. The van der Waals surface area contributed by atoms with Gasteiger partial charge < -0.3 is 9.47 Å². The highest BCUT2D eigenvalue weighted by atomic mass is 16.5. The maximum atomic E-state index is 11.9. The third kappa shape index (κ3) is 3.22. The van der Waals surface area contributed by atoms with E-state index < -0.39 is 0 Å². The molecule has 1 rings (SSSR count). The summed E-state index contributed by atoms with van der Waals surface area (Å²) in [6, 6.07) is 7.02. The second kappa shape index (κ2) is 6.54. The molecule has 0 spiro atoms. The fraction of sp³-hybridized carbons (Fsp3) is 0.385. The number of ether oxygens (including phenoxy) is 2. The van der Waals surface area contributed by atoms with Gasteiger partial charge in [0, 0.05) is 0 Å². The molecule has 0 aromatic heterocycles. The Morgan fingerprint density at radius 1 is 1.24 bits per heavy atom. The van der Waals surface area contributed by atoms with Gasteiger partial charge in [-0.2, -0.15) is 5.26 Å². The van der Waals surface area contributed by atoms with Crippen LogP contribution in [0.15, 0.2) is 18.2 Å². The highest BCUT2D eigenvalue weighted by molar-refractivity contribution is 6.02. The number of carbonyl (C=O) groups excluding carboxylic acids is 1. The van der Waals surface area contributed by atoms with Crippen molar-refractivity contribution in [2.45, 2.75) is 20.3 Å². The minimum absolute atomic E-state index is 0.176. The number of Topliss-reactive ketones (excluding diaryl/α,β-unsaturated/α-hetero) is 1. The molecule has 0 saturated heterocycles. The van der Waals surface area contributed by atoms with Crippen LogP contribution in [0.3, 0.4) is 0 Å². The van der Waals surface area contributed by atoms with Gasteiger partial charge in [-0.25, -0.2) is 0 Å². The van der Waals surface area contributed by atoms with E-state index in [4.69, 9.17) is 14.7 Å². The summed E-state index contributed by atoms with van der Waals surface area (Å²) in [4.78, 5) is 11.9. The first-order valence-electron chi connectivity index (χ1n) is 5.53. The quantitative estimate of drug-likeness (QED) is 0.708. The Morgan fingerprint density at radius 2 is 1.76 bits per heavy atom. The molecule has 0 radical (unpaired) electrons. The van der Waals surface area contributed by atoms with Crippen LogP contribution in [0, 0.1) is 11.3 Å². The monoisotopic (exact) mass is 233 g/mol. The van der Waals surface area contributed by atoms with Gasteiger partial charge in [0.25, 0.3) is 0 Å². The van der Waals surface area contributed by atoms with Crippen LogP contribution in [0.2, 0.25) is 0 Å². The Balaban J connectivity index is 3.18. The van der Waals surface area contributed by atoms with Crippen LogP contribution in [-0.4, -0.2) is 19.0 Å². The Labute approximate surface area is 101 Å². The van der Waals surface area contributed by atoms with E-state index in [1.807, 2.05) is 19.9 Å². The van der Waals surface area contributed by atoms with Crippen molar-refractivity contribution in [3.05, 3.63) is 23.8 Å². The van der Waals surface area contributed by atoms with E-state index in [0.29, 0.717) is 30.3 Å². The van der Waals surface area contributed by atoms with Crippen molar-refractivity contribution < 1.29 is 14.3 Å². The van der Waals surface area contributed by atoms with Crippen LogP contribution in [-0.2, 0) is 0 Å². The third-order valence-electron chi connectivity index (χ3n) is 2.11. The molecule has 0 N–H and O–H groups in total. The molecule has 0 bridgehead atoms. The normalized spacial score (nSPS) is 9.47. The van der Waals surface area contributed by atoms with E-state index >= 15 is 0 Å². The van der Waals surface area contributed by atoms with E-state index in [1.165, 1.54) is 0 Å². The van der Waals surface area contributed by atoms with Gasteiger partial charge in [-0.15, -0.1) is 0 Å². The summed E-state index contributed by atoms with van der Waals surface area (Å²) in [5, 5.41) is 8.59. The van der Waals surface area contributed by atoms with Crippen molar-refractivity contribution in [2.75, 3.05) is 13.2 Å². The Hall–Kier alpha value is -2.02. The van der Waals surface area contributed by atoms with Crippen LogP contribution in [0.4, 0.5) is 0 Å². The highest BCUT2D eigenvalue weighted by Gasteiger charge is 2.18. The Bertz CT molecular complexity index is 411. The number of benzene rings is 1. The topological polar surface area (TPSA) is 59.3 Å². The molecule has 4 nitrogen and oxygen atoms in total. The first-order valence-corrected chi connectivity index (χ1v) is 5.53. The molecule has 0 aliphatic rings. The molecular weight excluding hydrogens is 218 g/mol. The smallest absolute Gasteiger partial charge is 0.184 e. The molecule has 0 fully saturated rings. The SMILES string of the molecule is CCOc1cccc(OCC)c1C(=O)CC#N. The van der Waals surface area contributed by atoms with Crippen LogP contribution in [0.25, 0.3) is 0 Å². The van der Waals surface area contributed by atoms with Gasteiger partial charge in [0.1, 0.15) is 17.1 Å². The third-order valence-corrected chi connectivity index (χ3v) is 2.11. The summed E-state index contributed by atoms with van der Waals surface area (Å²) in [5.74, 6) is 0.664. The van der Waals surface area contributed by atoms with E-state index in [2.05, 4.69) is 0 Å². The van der Waals surface area contributed by atoms with E-state index in [0.717, 1.165) is 0 Å². The van der Waals surface area contributed by atoms with Crippen molar-refractivity contribution >= 4 is 5.78 Å². The van der Waals surface area contributed by atoms with Gasteiger partial charge in [0.15, 0.2) is 5.78 Å². The lowest BCUT2D eigenvalue weighted by molar-refractivity contribution is 0.0990. The summed E-state index contributed by atoms with van der Waals surface area (Å²) in [5.41, 5.74) is 0.359. The minimum Gasteiger partial charge on any atom is -0.493 e. The Kier molecular flexibility index (Phi) is 5.02. The van der Waals surface area contributed by atoms with E-state index in [9.17, 15) is 4.79 Å². The highest BCUT2D eigenvalue weighted by Crippen LogP contribution is 2.29. The number of hydrogen-bond acceptors (Lipinski definition) is 4. The fourth-order valence-corrected chi connectivity index (χ4v) is 1.50. The van der Waals surface area contributed by atoms with Crippen molar-refractivity contribution in [3.8, 4) is 17.6 Å². The van der Waals surface area contributed by atoms with Crippen LogP contribution in [0.5, 0.6) is 11.5 Å². The van der Waals surface area contributed by atoms with Crippen LogP contribution in [0.1, 0.15) is 30.6 Å². The molecule has 0 unspecified atom stereocenters. The lowest BCUT2D eigenvalue weighted by Crippen LogP contribution is -2.07. The van der Waals surface area contributed by atoms with Crippen molar-refractivity contribution in [3.63, 3.8) is 0 Å². The summed E-state index contributed by atoms with van der Waals surface area (Å²) >= 11 is 0. The molecule has 0 heterocycles. The number of nitriles is 1. The molecule has 1 aromatic carbocycles. The maximum Gasteiger partial charge on any atom is 0.184 e. The number of hydrogen-bond donors (Lipinski definition) is 0. The average Bonchev–Trinajstić information content (AvgIpc) is 2.30. The zero-order valence-electron chi connectivity index (χ0n) is 10.0. The van der Waals surface area contributed by atoms with Gasteiger partial charge in [0.2, 0.25) is 0 Å². The largest absolute Gasteiger partial charge is 0.493 e. The fourth-order valence-electron chi connectivity index (χ4n) is 1.50. The van der Waals surface area contributed by atoms with Crippen molar-refractivity contribution in [2.24, 2.45) is 0 Å². The van der Waals surface area contributed by atoms with Crippen molar-refractivity contribution in [1.82, 2.24) is 0 Å². The minimum atomic E-state index is -0.278. The molecule has 4 heteroatoms. The molecular formula is C13H15NO3. The second-order valence-electron chi connectivity index (χ2n) is 3.25.